The number of hydrogen-bond donors (Lipinski definition) is 0. The number of ether oxygens (including phenoxy) is 2. The highest BCUT2D eigenvalue weighted by molar-refractivity contribution is 5.88. The summed E-state index contributed by atoms with van der Waals surface area (Å²) in [5, 5.41) is 0. The van der Waals surface area contributed by atoms with Crippen LogP contribution in [-0.4, -0.2) is 24.1 Å². The van der Waals surface area contributed by atoms with Gasteiger partial charge in [0.25, 0.3) is 0 Å². The van der Waals surface area contributed by atoms with Gasteiger partial charge in [-0.05, 0) is 20.8 Å². The van der Waals surface area contributed by atoms with Crippen LogP contribution in [-0.2, 0) is 19.1 Å². The largest absolute Gasteiger partial charge is 0.461 e. The molecule has 4 heteroatoms. The summed E-state index contributed by atoms with van der Waals surface area (Å²) < 4.78 is 9.97. The quantitative estimate of drug-likeness (QED) is 0.491. The van der Waals surface area contributed by atoms with Gasteiger partial charge in [-0.3, -0.25) is 4.79 Å². The van der Waals surface area contributed by atoms with Crippen LogP contribution in [0.2, 0.25) is 0 Å². The van der Waals surface area contributed by atoms with Crippen LogP contribution in [0.3, 0.4) is 0 Å². The monoisotopic (exact) mass is 198 g/mol. The minimum absolute atomic E-state index is 0.117. The summed E-state index contributed by atoms with van der Waals surface area (Å²) in [7, 11) is 0. The molecule has 0 amide bonds. The zero-order valence-electron chi connectivity index (χ0n) is 8.62. The molecule has 1 heterocycles. The third-order valence-corrected chi connectivity index (χ3v) is 2.44. The van der Waals surface area contributed by atoms with Crippen molar-refractivity contribution in [2.45, 2.75) is 26.4 Å². The number of esters is 2. The molecular formula is C10H14O4. The van der Waals surface area contributed by atoms with E-state index in [2.05, 4.69) is 6.58 Å². The summed E-state index contributed by atoms with van der Waals surface area (Å²) >= 11 is 0. The topological polar surface area (TPSA) is 52.6 Å². The van der Waals surface area contributed by atoms with E-state index in [-0.39, 0.29) is 12.6 Å². The van der Waals surface area contributed by atoms with Gasteiger partial charge in [0.2, 0.25) is 0 Å². The maximum atomic E-state index is 11.3. The van der Waals surface area contributed by atoms with E-state index >= 15 is 0 Å². The van der Waals surface area contributed by atoms with Crippen LogP contribution in [0.25, 0.3) is 0 Å². The first kappa shape index (κ1) is 10.8. The first-order valence-corrected chi connectivity index (χ1v) is 4.42. The van der Waals surface area contributed by atoms with Crippen LogP contribution in [0.15, 0.2) is 12.2 Å². The van der Waals surface area contributed by atoms with E-state index in [0.717, 1.165) is 0 Å². The van der Waals surface area contributed by atoms with Gasteiger partial charge < -0.3 is 9.47 Å². The molecule has 1 rings (SSSR count). The molecule has 0 aromatic heterocycles. The summed E-state index contributed by atoms with van der Waals surface area (Å²) in [4.78, 5) is 22.4. The van der Waals surface area contributed by atoms with Gasteiger partial charge in [0.15, 0.2) is 5.60 Å². The van der Waals surface area contributed by atoms with Crippen molar-refractivity contribution in [2.75, 3.05) is 6.61 Å². The lowest BCUT2D eigenvalue weighted by atomic mass is 9.94. The first-order chi connectivity index (χ1) is 6.37. The Morgan fingerprint density at radius 2 is 2.29 bits per heavy atom. The van der Waals surface area contributed by atoms with E-state index in [4.69, 9.17) is 9.47 Å². The Kier molecular flexibility index (Phi) is 2.64. The maximum Gasteiger partial charge on any atom is 0.333 e. The van der Waals surface area contributed by atoms with Crippen LogP contribution in [0, 0.1) is 5.92 Å². The molecule has 1 fully saturated rings. The van der Waals surface area contributed by atoms with Crippen LogP contribution in [0.5, 0.6) is 0 Å². The van der Waals surface area contributed by atoms with Crippen LogP contribution < -0.4 is 0 Å². The molecule has 4 nitrogen and oxygen atoms in total. The van der Waals surface area contributed by atoms with Gasteiger partial charge in [-0.15, -0.1) is 0 Å². The molecule has 0 saturated carbocycles. The molecule has 0 unspecified atom stereocenters. The van der Waals surface area contributed by atoms with Crippen LogP contribution >= 0.6 is 0 Å². The second kappa shape index (κ2) is 3.44. The van der Waals surface area contributed by atoms with Gasteiger partial charge in [0, 0.05) is 5.57 Å². The van der Waals surface area contributed by atoms with Crippen molar-refractivity contribution in [2.24, 2.45) is 5.92 Å². The molecule has 1 aliphatic heterocycles. The lowest BCUT2D eigenvalue weighted by Gasteiger charge is -2.25. The lowest BCUT2D eigenvalue weighted by molar-refractivity contribution is -0.155. The van der Waals surface area contributed by atoms with Gasteiger partial charge >= 0.3 is 11.9 Å². The van der Waals surface area contributed by atoms with Crippen molar-refractivity contribution in [3.05, 3.63) is 12.2 Å². The number of hydrogen-bond acceptors (Lipinski definition) is 4. The maximum absolute atomic E-state index is 11.3. The standard InChI is InChI=1S/C10H14O4/c1-6(2)8(11)14-10(4)5-13-9(12)7(10)3/h7H,1,5H2,2-4H3/t7-,10+/m0/s1. The predicted molar refractivity (Wildman–Crippen MR) is 49.4 cm³/mol. The third kappa shape index (κ3) is 1.78. The summed E-state index contributed by atoms with van der Waals surface area (Å²) in [5.41, 5.74) is -0.537. The van der Waals surface area contributed by atoms with Crippen molar-refractivity contribution in [1.82, 2.24) is 0 Å². The molecule has 0 aromatic carbocycles. The third-order valence-electron chi connectivity index (χ3n) is 2.44. The second-order valence-electron chi connectivity index (χ2n) is 3.81. The highest BCUT2D eigenvalue weighted by atomic mass is 16.6. The Hall–Kier alpha value is -1.32. The zero-order chi connectivity index (χ0) is 10.9. The fourth-order valence-corrected chi connectivity index (χ4v) is 1.13. The Labute approximate surface area is 82.9 Å². The molecular weight excluding hydrogens is 184 g/mol. The smallest absolute Gasteiger partial charge is 0.333 e. The molecule has 0 radical (unpaired) electrons. The van der Waals surface area contributed by atoms with Crippen molar-refractivity contribution >= 4 is 11.9 Å². The average molecular weight is 198 g/mol. The van der Waals surface area contributed by atoms with Crippen LogP contribution in [0.4, 0.5) is 0 Å². The number of carbonyl (C=O) groups excluding carboxylic acids is 2. The summed E-state index contributed by atoms with van der Waals surface area (Å²) in [6, 6.07) is 0. The summed E-state index contributed by atoms with van der Waals surface area (Å²) in [6.07, 6.45) is 0. The van der Waals surface area contributed by atoms with E-state index in [0.29, 0.717) is 5.57 Å². The van der Waals surface area contributed by atoms with Gasteiger partial charge in [-0.2, -0.15) is 0 Å². The fourth-order valence-electron chi connectivity index (χ4n) is 1.13. The lowest BCUT2D eigenvalue weighted by Crippen LogP contribution is -2.38. The summed E-state index contributed by atoms with van der Waals surface area (Å²) in [5.74, 6) is -1.24. The highest BCUT2D eigenvalue weighted by Crippen LogP contribution is 2.30. The molecule has 78 valence electrons. The molecule has 1 saturated heterocycles. The first-order valence-electron chi connectivity index (χ1n) is 4.42. The van der Waals surface area contributed by atoms with E-state index < -0.39 is 17.5 Å². The fraction of sp³-hybridized carbons (Fsp3) is 0.600. The SMILES string of the molecule is C=C(C)C(=O)O[C@]1(C)COC(=O)[C@@H]1C. The Morgan fingerprint density at radius 3 is 2.64 bits per heavy atom. The highest BCUT2D eigenvalue weighted by Gasteiger charge is 2.47. The molecule has 0 aliphatic carbocycles. The van der Waals surface area contributed by atoms with Gasteiger partial charge in [0.1, 0.15) is 6.61 Å². The van der Waals surface area contributed by atoms with E-state index in [1.807, 2.05) is 0 Å². The van der Waals surface area contributed by atoms with Crippen molar-refractivity contribution in [1.29, 1.82) is 0 Å². The van der Waals surface area contributed by atoms with Gasteiger partial charge in [-0.25, -0.2) is 4.79 Å². The molecule has 2 atom stereocenters. The minimum Gasteiger partial charge on any atom is -0.461 e. The van der Waals surface area contributed by atoms with Gasteiger partial charge in [-0.1, -0.05) is 6.58 Å². The van der Waals surface area contributed by atoms with Gasteiger partial charge in [0.05, 0.1) is 5.92 Å². The normalized spacial score (nSPS) is 31.1. The molecule has 0 bridgehead atoms. The molecule has 14 heavy (non-hydrogen) atoms. The summed E-state index contributed by atoms with van der Waals surface area (Å²) in [6.45, 7) is 8.52. The molecule has 1 aliphatic rings. The minimum atomic E-state index is -0.854. The van der Waals surface area contributed by atoms with E-state index in [1.165, 1.54) is 0 Å². The average Bonchev–Trinajstić information content (AvgIpc) is 2.34. The van der Waals surface area contributed by atoms with Crippen molar-refractivity contribution in [3.63, 3.8) is 0 Å². The Bertz CT molecular complexity index is 294. The van der Waals surface area contributed by atoms with E-state index in [1.54, 1.807) is 20.8 Å². The predicted octanol–water partition coefficient (Wildman–Crippen LogP) is 1.06. The molecule has 0 aromatic rings. The Balaban J connectivity index is 2.73. The van der Waals surface area contributed by atoms with Crippen molar-refractivity contribution < 1.29 is 19.1 Å². The van der Waals surface area contributed by atoms with E-state index in [9.17, 15) is 9.59 Å². The molecule has 0 spiro atoms. The van der Waals surface area contributed by atoms with Crippen LogP contribution in [0.1, 0.15) is 20.8 Å². The second-order valence-corrected chi connectivity index (χ2v) is 3.81. The Morgan fingerprint density at radius 1 is 1.71 bits per heavy atom. The number of carbonyl (C=O) groups is 2. The number of rotatable bonds is 2. The number of cyclic esters (lactones) is 1. The zero-order valence-corrected chi connectivity index (χ0v) is 8.62. The van der Waals surface area contributed by atoms with Crippen molar-refractivity contribution in [3.8, 4) is 0 Å². The molecule has 0 N–H and O–H groups in total.